The molecular weight excluding hydrogens is 392 g/mol. The van der Waals surface area contributed by atoms with Gasteiger partial charge in [-0.25, -0.2) is 0 Å². The zero-order chi connectivity index (χ0) is 20.4. The number of benzene rings is 2. The van der Waals surface area contributed by atoms with Gasteiger partial charge in [-0.2, -0.15) is 0 Å². The predicted molar refractivity (Wildman–Crippen MR) is 110 cm³/mol. The molecule has 4 rings (SSSR count). The first-order valence-corrected chi connectivity index (χ1v) is 10.00. The highest BCUT2D eigenvalue weighted by molar-refractivity contribution is 6.30. The van der Waals surface area contributed by atoms with E-state index in [1.54, 1.807) is 36.4 Å². The van der Waals surface area contributed by atoms with Crippen molar-refractivity contribution in [2.45, 2.75) is 31.1 Å². The van der Waals surface area contributed by atoms with Crippen molar-refractivity contribution in [1.29, 1.82) is 0 Å². The lowest BCUT2D eigenvalue weighted by Gasteiger charge is -2.30. The van der Waals surface area contributed by atoms with Crippen LogP contribution in [-0.4, -0.2) is 30.9 Å². The molecule has 6 nitrogen and oxygen atoms in total. The first-order valence-electron chi connectivity index (χ1n) is 9.62. The standard InChI is InChI=1S/C22H21ClN2O4/c23-16-9-7-15(8-10-16)22(11-3-4-12-22)21(28)29-14-20(27)25-13-19(26)24-17-5-1-2-6-18(17)25/h1-2,5-10H,3-4,11-14H2,(H,24,26). The first kappa shape index (κ1) is 19.5. The number of carbonyl (C=O) groups is 3. The molecule has 0 unspecified atom stereocenters. The molecule has 2 aliphatic rings. The topological polar surface area (TPSA) is 75.7 Å². The van der Waals surface area contributed by atoms with Crippen molar-refractivity contribution in [3.8, 4) is 0 Å². The number of halogens is 1. The third-order valence-corrected chi connectivity index (χ3v) is 5.90. The number of anilines is 2. The fourth-order valence-corrected chi connectivity index (χ4v) is 4.28. The Kier molecular flexibility index (Phi) is 5.28. The first-order chi connectivity index (χ1) is 14.0. The minimum atomic E-state index is -0.748. The molecule has 29 heavy (non-hydrogen) atoms. The number of nitrogens with zero attached hydrogens (tertiary/aromatic N) is 1. The second-order valence-electron chi connectivity index (χ2n) is 7.42. The number of ether oxygens (including phenoxy) is 1. The van der Waals surface area contributed by atoms with Crippen LogP contribution in [0.25, 0.3) is 0 Å². The Hall–Kier alpha value is -2.86. The average molecular weight is 413 g/mol. The van der Waals surface area contributed by atoms with Crippen LogP contribution < -0.4 is 10.2 Å². The second kappa shape index (κ2) is 7.87. The number of hydrogen-bond donors (Lipinski definition) is 1. The quantitative estimate of drug-likeness (QED) is 0.777. The molecule has 0 bridgehead atoms. The number of hydrogen-bond acceptors (Lipinski definition) is 4. The lowest BCUT2D eigenvalue weighted by Crippen LogP contribution is -2.45. The fourth-order valence-electron chi connectivity index (χ4n) is 4.16. The second-order valence-corrected chi connectivity index (χ2v) is 7.85. The predicted octanol–water partition coefficient (Wildman–Crippen LogP) is 3.68. The van der Waals surface area contributed by atoms with E-state index in [1.165, 1.54) is 4.90 Å². The van der Waals surface area contributed by atoms with Crippen LogP contribution in [-0.2, 0) is 24.5 Å². The van der Waals surface area contributed by atoms with Crippen molar-refractivity contribution in [2.75, 3.05) is 23.4 Å². The molecule has 1 saturated carbocycles. The summed E-state index contributed by atoms with van der Waals surface area (Å²) in [6, 6.07) is 14.3. The van der Waals surface area contributed by atoms with E-state index in [9.17, 15) is 14.4 Å². The minimum Gasteiger partial charge on any atom is -0.455 e. The lowest BCUT2D eigenvalue weighted by molar-refractivity contribution is -0.153. The van der Waals surface area contributed by atoms with Crippen molar-refractivity contribution < 1.29 is 19.1 Å². The van der Waals surface area contributed by atoms with Crippen molar-refractivity contribution in [3.63, 3.8) is 0 Å². The Bertz CT molecular complexity index is 952. The monoisotopic (exact) mass is 412 g/mol. The van der Waals surface area contributed by atoms with Crippen LogP contribution in [0, 0.1) is 0 Å². The molecule has 0 atom stereocenters. The largest absolute Gasteiger partial charge is 0.455 e. The van der Waals surface area contributed by atoms with E-state index in [0.29, 0.717) is 29.2 Å². The molecule has 2 amide bonds. The van der Waals surface area contributed by atoms with E-state index in [4.69, 9.17) is 16.3 Å². The van der Waals surface area contributed by atoms with E-state index >= 15 is 0 Å². The Balaban J connectivity index is 1.49. The summed E-state index contributed by atoms with van der Waals surface area (Å²) in [6.45, 7) is -0.508. The lowest BCUT2D eigenvalue weighted by atomic mass is 9.79. The molecule has 1 fully saturated rings. The molecule has 1 aliphatic carbocycles. The van der Waals surface area contributed by atoms with Crippen molar-refractivity contribution in [2.24, 2.45) is 0 Å². The molecule has 7 heteroatoms. The van der Waals surface area contributed by atoms with Gasteiger partial charge in [-0.15, -0.1) is 0 Å². The van der Waals surface area contributed by atoms with Crippen LogP contribution in [0.3, 0.4) is 0 Å². The molecule has 1 aliphatic heterocycles. The van der Waals surface area contributed by atoms with Gasteiger partial charge in [0, 0.05) is 5.02 Å². The molecule has 0 aromatic heterocycles. The maximum atomic E-state index is 13.0. The van der Waals surface area contributed by atoms with E-state index in [2.05, 4.69) is 5.32 Å². The van der Waals surface area contributed by atoms with Crippen molar-refractivity contribution in [1.82, 2.24) is 0 Å². The number of nitrogens with one attached hydrogen (secondary N) is 1. The smallest absolute Gasteiger partial charge is 0.317 e. The molecule has 2 aromatic carbocycles. The number of fused-ring (bicyclic) bond motifs is 1. The van der Waals surface area contributed by atoms with Gasteiger partial charge in [0.1, 0.15) is 6.54 Å². The summed E-state index contributed by atoms with van der Waals surface area (Å²) in [5.41, 5.74) is 1.28. The van der Waals surface area contributed by atoms with Crippen LogP contribution in [0.1, 0.15) is 31.2 Å². The van der Waals surface area contributed by atoms with Crippen molar-refractivity contribution >= 4 is 40.8 Å². The van der Waals surface area contributed by atoms with E-state index < -0.39 is 23.9 Å². The van der Waals surface area contributed by atoms with Crippen LogP contribution in [0.4, 0.5) is 11.4 Å². The molecule has 1 N–H and O–H groups in total. The average Bonchev–Trinajstić information content (AvgIpc) is 3.22. The summed E-state index contributed by atoms with van der Waals surface area (Å²) in [6.07, 6.45) is 3.20. The van der Waals surface area contributed by atoms with E-state index in [-0.39, 0.29) is 12.5 Å². The third kappa shape index (κ3) is 3.72. The minimum absolute atomic E-state index is 0.101. The Morgan fingerprint density at radius 3 is 2.48 bits per heavy atom. The van der Waals surface area contributed by atoms with E-state index in [1.807, 2.05) is 12.1 Å². The number of para-hydroxylation sites is 2. The molecule has 0 radical (unpaired) electrons. The summed E-state index contributed by atoms with van der Waals surface area (Å²) in [5, 5.41) is 3.34. The summed E-state index contributed by atoms with van der Waals surface area (Å²) in [7, 11) is 0. The number of carbonyl (C=O) groups excluding carboxylic acids is 3. The van der Waals surface area contributed by atoms with Gasteiger partial charge in [-0.3, -0.25) is 19.3 Å². The Morgan fingerprint density at radius 1 is 1.07 bits per heavy atom. The highest BCUT2D eigenvalue weighted by atomic mass is 35.5. The Labute approximate surface area is 173 Å². The zero-order valence-electron chi connectivity index (χ0n) is 15.8. The van der Waals surface area contributed by atoms with Gasteiger partial charge in [0.05, 0.1) is 16.8 Å². The number of amides is 2. The molecule has 0 spiro atoms. The number of esters is 1. The van der Waals surface area contributed by atoms with Gasteiger partial charge < -0.3 is 10.1 Å². The molecule has 1 heterocycles. The van der Waals surface area contributed by atoms with Crippen LogP contribution in [0.15, 0.2) is 48.5 Å². The van der Waals surface area contributed by atoms with Gasteiger partial charge >= 0.3 is 5.97 Å². The fraction of sp³-hybridized carbons (Fsp3) is 0.318. The highest BCUT2D eigenvalue weighted by Gasteiger charge is 2.44. The van der Waals surface area contributed by atoms with Gasteiger partial charge in [-0.05, 0) is 42.7 Å². The summed E-state index contributed by atoms with van der Waals surface area (Å²) in [4.78, 5) is 39.1. The van der Waals surface area contributed by atoms with Gasteiger partial charge in [-0.1, -0.05) is 48.7 Å². The molecule has 0 saturated heterocycles. The SMILES string of the molecule is O=C1CN(C(=O)COC(=O)C2(c3ccc(Cl)cc3)CCCC2)c2ccccc2N1. The molecular formula is C22H21ClN2O4. The van der Waals surface area contributed by atoms with E-state index in [0.717, 1.165) is 18.4 Å². The normalized spacial score (nSPS) is 17.4. The summed E-state index contributed by atoms with van der Waals surface area (Å²) in [5.74, 6) is -1.11. The Morgan fingerprint density at radius 2 is 1.76 bits per heavy atom. The van der Waals surface area contributed by atoms with Crippen LogP contribution in [0.2, 0.25) is 5.02 Å². The third-order valence-electron chi connectivity index (χ3n) is 5.64. The summed E-state index contributed by atoms with van der Waals surface area (Å²) < 4.78 is 5.48. The molecule has 150 valence electrons. The van der Waals surface area contributed by atoms with Crippen LogP contribution >= 0.6 is 11.6 Å². The van der Waals surface area contributed by atoms with Gasteiger partial charge in [0.15, 0.2) is 6.61 Å². The van der Waals surface area contributed by atoms with Gasteiger partial charge in [0.25, 0.3) is 5.91 Å². The maximum Gasteiger partial charge on any atom is 0.317 e. The summed E-state index contributed by atoms with van der Waals surface area (Å²) >= 11 is 5.99. The maximum absolute atomic E-state index is 13.0. The van der Waals surface area contributed by atoms with Crippen molar-refractivity contribution in [3.05, 3.63) is 59.1 Å². The van der Waals surface area contributed by atoms with Crippen LogP contribution in [0.5, 0.6) is 0 Å². The zero-order valence-corrected chi connectivity index (χ0v) is 16.6. The highest BCUT2D eigenvalue weighted by Crippen LogP contribution is 2.42. The molecule has 2 aromatic rings. The van der Waals surface area contributed by atoms with Gasteiger partial charge in [0.2, 0.25) is 5.91 Å². The number of rotatable bonds is 4.